The lowest BCUT2D eigenvalue weighted by molar-refractivity contribution is -0.142. The first kappa shape index (κ1) is 15.5. The zero-order chi connectivity index (χ0) is 15.1. The van der Waals surface area contributed by atoms with E-state index in [-0.39, 0.29) is 5.91 Å². The average Bonchev–Trinajstić information content (AvgIpc) is 3.02. The Kier molecular flexibility index (Phi) is 5.29. The van der Waals surface area contributed by atoms with Crippen LogP contribution in [0.2, 0.25) is 0 Å². The summed E-state index contributed by atoms with van der Waals surface area (Å²) in [5.74, 6) is 0.0987. The third-order valence-electron chi connectivity index (χ3n) is 4.28. The van der Waals surface area contributed by atoms with E-state index in [1.807, 2.05) is 12.1 Å². The number of hydrogen-bond donors (Lipinski definition) is 1. The number of aromatic nitrogens is 1. The highest BCUT2D eigenvalue weighted by Crippen LogP contribution is 2.39. The smallest absolute Gasteiger partial charge is 0.230 e. The Bertz CT molecular complexity index is 503. The maximum atomic E-state index is 12.9. The summed E-state index contributed by atoms with van der Waals surface area (Å²) in [6.07, 6.45) is 7.65. The second-order valence-corrected chi connectivity index (χ2v) is 5.69. The first-order valence-corrected chi connectivity index (χ1v) is 7.47. The summed E-state index contributed by atoms with van der Waals surface area (Å²) in [5.41, 5.74) is 6.47. The molecule has 1 saturated carbocycles. The minimum absolute atomic E-state index is 0.0987. The molecule has 1 aromatic heterocycles. The van der Waals surface area contributed by atoms with E-state index in [1.165, 1.54) is 0 Å². The van der Waals surface area contributed by atoms with E-state index in [4.69, 9.17) is 11.0 Å². The van der Waals surface area contributed by atoms with Gasteiger partial charge in [0.1, 0.15) is 0 Å². The van der Waals surface area contributed by atoms with E-state index in [2.05, 4.69) is 11.1 Å². The molecule has 0 aromatic carbocycles. The fourth-order valence-electron chi connectivity index (χ4n) is 3.04. The van der Waals surface area contributed by atoms with Gasteiger partial charge in [-0.05, 0) is 24.5 Å². The van der Waals surface area contributed by atoms with Gasteiger partial charge in [-0.1, -0.05) is 18.9 Å². The van der Waals surface area contributed by atoms with Crippen LogP contribution in [0.1, 0.15) is 37.7 Å². The van der Waals surface area contributed by atoms with Gasteiger partial charge in [-0.3, -0.25) is 9.78 Å². The van der Waals surface area contributed by atoms with Crippen molar-refractivity contribution in [2.24, 2.45) is 11.1 Å². The lowest BCUT2D eigenvalue weighted by atomic mass is 9.84. The minimum atomic E-state index is -0.419. The van der Waals surface area contributed by atoms with Gasteiger partial charge in [-0.25, -0.2) is 0 Å². The Morgan fingerprint density at radius 2 is 2.24 bits per heavy atom. The number of amides is 1. The number of carbonyl (C=O) groups is 1. The second kappa shape index (κ2) is 7.19. The highest BCUT2D eigenvalue weighted by molar-refractivity contribution is 5.83. The van der Waals surface area contributed by atoms with E-state index in [0.29, 0.717) is 26.1 Å². The van der Waals surface area contributed by atoms with Crippen LogP contribution in [0.4, 0.5) is 0 Å². The third kappa shape index (κ3) is 3.59. The molecule has 1 aliphatic rings. The SMILES string of the molecule is N#CCCN(Cc1cccnc1)C(=O)C1(CN)CCCC1. The summed E-state index contributed by atoms with van der Waals surface area (Å²) < 4.78 is 0. The quantitative estimate of drug-likeness (QED) is 0.865. The van der Waals surface area contributed by atoms with E-state index >= 15 is 0 Å². The molecule has 0 bridgehead atoms. The van der Waals surface area contributed by atoms with Crippen molar-refractivity contribution in [1.29, 1.82) is 5.26 Å². The first-order chi connectivity index (χ1) is 10.2. The summed E-state index contributed by atoms with van der Waals surface area (Å²) >= 11 is 0. The third-order valence-corrected chi connectivity index (χ3v) is 4.28. The molecule has 112 valence electrons. The number of hydrogen-bond acceptors (Lipinski definition) is 4. The molecule has 1 heterocycles. The molecule has 2 N–H and O–H groups in total. The van der Waals surface area contributed by atoms with Crippen molar-refractivity contribution in [2.75, 3.05) is 13.1 Å². The standard InChI is InChI=1S/C16H22N4O/c17-8-4-10-20(12-14-5-3-9-19-11-14)15(21)16(13-18)6-1-2-7-16/h3,5,9,11H,1-2,4,6-7,10,12-13,18H2. The van der Waals surface area contributed by atoms with Crippen molar-refractivity contribution in [1.82, 2.24) is 9.88 Å². The average molecular weight is 286 g/mol. The number of nitriles is 1. The molecule has 1 aliphatic carbocycles. The van der Waals surface area contributed by atoms with Gasteiger partial charge in [0.2, 0.25) is 5.91 Å². The van der Waals surface area contributed by atoms with Gasteiger partial charge in [0, 0.05) is 32.0 Å². The van der Waals surface area contributed by atoms with Crippen LogP contribution in [-0.4, -0.2) is 28.9 Å². The number of carbonyl (C=O) groups excluding carboxylic acids is 1. The molecule has 0 unspecified atom stereocenters. The summed E-state index contributed by atoms with van der Waals surface area (Å²) in [6.45, 7) is 1.34. The molecule has 5 heteroatoms. The lowest BCUT2D eigenvalue weighted by Gasteiger charge is -2.33. The Hall–Kier alpha value is -1.93. The lowest BCUT2D eigenvalue weighted by Crippen LogP contribution is -2.46. The fourth-order valence-corrected chi connectivity index (χ4v) is 3.04. The number of pyridine rings is 1. The van der Waals surface area contributed by atoms with E-state index < -0.39 is 5.41 Å². The van der Waals surface area contributed by atoms with Crippen LogP contribution in [0.3, 0.4) is 0 Å². The molecule has 21 heavy (non-hydrogen) atoms. The zero-order valence-electron chi connectivity index (χ0n) is 12.3. The Labute approximate surface area is 125 Å². The van der Waals surface area contributed by atoms with Gasteiger partial charge in [0.15, 0.2) is 0 Å². The predicted octanol–water partition coefficient (Wildman–Crippen LogP) is 1.84. The molecule has 2 rings (SSSR count). The van der Waals surface area contributed by atoms with Gasteiger partial charge < -0.3 is 10.6 Å². The van der Waals surface area contributed by atoms with E-state index in [0.717, 1.165) is 31.2 Å². The molecule has 5 nitrogen and oxygen atoms in total. The number of rotatable bonds is 6. The van der Waals surface area contributed by atoms with Gasteiger partial charge in [-0.15, -0.1) is 0 Å². The van der Waals surface area contributed by atoms with Gasteiger partial charge in [0.05, 0.1) is 17.9 Å². The molecule has 1 fully saturated rings. The van der Waals surface area contributed by atoms with Crippen molar-refractivity contribution >= 4 is 5.91 Å². The largest absolute Gasteiger partial charge is 0.337 e. The van der Waals surface area contributed by atoms with Crippen LogP contribution in [0.25, 0.3) is 0 Å². The van der Waals surface area contributed by atoms with Crippen LogP contribution in [0.15, 0.2) is 24.5 Å². The van der Waals surface area contributed by atoms with Gasteiger partial charge in [0.25, 0.3) is 0 Å². The fraction of sp³-hybridized carbons (Fsp3) is 0.562. The Balaban J connectivity index is 2.15. The van der Waals surface area contributed by atoms with Gasteiger partial charge in [-0.2, -0.15) is 5.26 Å². The first-order valence-electron chi connectivity index (χ1n) is 7.47. The molecular formula is C16H22N4O. The second-order valence-electron chi connectivity index (χ2n) is 5.69. The monoisotopic (exact) mass is 286 g/mol. The van der Waals surface area contributed by atoms with Crippen molar-refractivity contribution in [3.05, 3.63) is 30.1 Å². The van der Waals surface area contributed by atoms with Gasteiger partial charge >= 0.3 is 0 Å². The summed E-state index contributed by atoms with van der Waals surface area (Å²) in [5, 5.41) is 8.82. The summed E-state index contributed by atoms with van der Waals surface area (Å²) in [7, 11) is 0. The molecule has 0 aliphatic heterocycles. The highest BCUT2D eigenvalue weighted by atomic mass is 16.2. The molecular weight excluding hydrogens is 264 g/mol. The van der Waals surface area contributed by atoms with Crippen LogP contribution in [-0.2, 0) is 11.3 Å². The van der Waals surface area contributed by atoms with Crippen LogP contribution >= 0.6 is 0 Å². The van der Waals surface area contributed by atoms with Crippen molar-refractivity contribution in [2.45, 2.75) is 38.6 Å². The predicted molar refractivity (Wildman–Crippen MR) is 79.8 cm³/mol. The molecule has 1 amide bonds. The van der Waals surface area contributed by atoms with Crippen molar-refractivity contribution in [3.63, 3.8) is 0 Å². The maximum Gasteiger partial charge on any atom is 0.230 e. The molecule has 1 aromatic rings. The maximum absolute atomic E-state index is 12.9. The summed E-state index contributed by atoms with van der Waals surface area (Å²) in [4.78, 5) is 18.8. The molecule has 0 saturated heterocycles. The molecule has 0 atom stereocenters. The van der Waals surface area contributed by atoms with Crippen molar-refractivity contribution < 1.29 is 4.79 Å². The van der Waals surface area contributed by atoms with E-state index in [1.54, 1.807) is 17.3 Å². The van der Waals surface area contributed by atoms with E-state index in [9.17, 15) is 4.79 Å². The zero-order valence-corrected chi connectivity index (χ0v) is 12.3. The van der Waals surface area contributed by atoms with Crippen LogP contribution in [0, 0.1) is 16.7 Å². The Morgan fingerprint density at radius 3 is 2.81 bits per heavy atom. The topological polar surface area (TPSA) is 83.0 Å². The van der Waals surface area contributed by atoms with Crippen LogP contribution in [0.5, 0.6) is 0 Å². The normalized spacial score (nSPS) is 16.4. The Morgan fingerprint density at radius 1 is 1.48 bits per heavy atom. The number of nitrogens with two attached hydrogens (primary N) is 1. The van der Waals surface area contributed by atoms with Crippen molar-refractivity contribution in [3.8, 4) is 6.07 Å². The van der Waals surface area contributed by atoms with Crippen LogP contribution < -0.4 is 5.73 Å². The highest BCUT2D eigenvalue weighted by Gasteiger charge is 2.42. The summed E-state index contributed by atoms with van der Waals surface area (Å²) in [6, 6.07) is 5.92. The number of nitrogens with zero attached hydrogens (tertiary/aromatic N) is 3. The molecule has 0 spiro atoms. The minimum Gasteiger partial charge on any atom is -0.337 e. The molecule has 0 radical (unpaired) electrons.